The third kappa shape index (κ3) is 5.14. The molecular weight excluding hydrogens is 402 g/mol. The molecule has 4 rings (SSSR count). The lowest BCUT2D eigenvalue weighted by Crippen LogP contribution is -2.52. The minimum absolute atomic E-state index is 0.000431. The average molecular weight is 430 g/mol. The molecule has 164 valence electrons. The Balaban J connectivity index is 1.24. The Hall–Kier alpha value is -3.66. The molecule has 0 aliphatic carbocycles. The summed E-state index contributed by atoms with van der Waals surface area (Å²) in [7, 11) is 0. The van der Waals surface area contributed by atoms with Gasteiger partial charge in [0.25, 0.3) is 0 Å². The molecule has 7 heteroatoms. The topological polar surface area (TPSA) is 80.5 Å². The summed E-state index contributed by atoms with van der Waals surface area (Å²) in [6.07, 6.45) is 6.51. The summed E-state index contributed by atoms with van der Waals surface area (Å²) in [5, 5.41) is 9.08. The fraction of sp³-hybridized carbons (Fsp3) is 0.360. The minimum atomic E-state index is -0.0243. The molecule has 0 saturated carbocycles. The van der Waals surface area contributed by atoms with E-state index in [9.17, 15) is 9.59 Å². The van der Waals surface area contributed by atoms with Gasteiger partial charge in [-0.1, -0.05) is 30.3 Å². The summed E-state index contributed by atoms with van der Waals surface area (Å²) in [5.74, 6) is 0.950. The molecule has 2 aromatic rings. The number of benzene rings is 1. The molecule has 2 amide bonds. The summed E-state index contributed by atoms with van der Waals surface area (Å²) in [6.45, 7) is 3.93. The summed E-state index contributed by atoms with van der Waals surface area (Å²) in [5.41, 5.74) is 1.59. The summed E-state index contributed by atoms with van der Waals surface area (Å²) < 4.78 is 0. The minimum Gasteiger partial charge on any atom is -0.353 e. The van der Waals surface area contributed by atoms with Crippen molar-refractivity contribution < 1.29 is 9.59 Å². The first-order chi connectivity index (χ1) is 15.6. The van der Waals surface area contributed by atoms with Crippen LogP contribution in [0, 0.1) is 17.2 Å². The molecule has 2 aliphatic heterocycles. The molecule has 0 spiro atoms. The number of carbonyl (C=O) groups is 2. The third-order valence-corrected chi connectivity index (χ3v) is 6.16. The van der Waals surface area contributed by atoms with E-state index in [2.05, 4.69) is 16.0 Å². The van der Waals surface area contributed by atoms with E-state index in [-0.39, 0.29) is 17.7 Å². The Bertz CT molecular complexity index is 1010. The van der Waals surface area contributed by atoms with E-state index in [0.29, 0.717) is 57.7 Å². The van der Waals surface area contributed by atoms with Crippen LogP contribution in [0.4, 0.5) is 5.82 Å². The second kappa shape index (κ2) is 10.1. The lowest BCUT2D eigenvalue weighted by molar-refractivity contribution is -0.139. The first-order valence-corrected chi connectivity index (χ1v) is 11.1. The van der Waals surface area contributed by atoms with Gasteiger partial charge in [-0.15, -0.1) is 0 Å². The molecule has 2 aliphatic rings. The van der Waals surface area contributed by atoms with Gasteiger partial charge in [0.2, 0.25) is 11.8 Å². The molecule has 3 heterocycles. The largest absolute Gasteiger partial charge is 0.353 e. The van der Waals surface area contributed by atoms with Crippen molar-refractivity contribution in [3.8, 4) is 6.07 Å². The number of hydrogen-bond donors (Lipinski definition) is 0. The predicted octanol–water partition coefficient (Wildman–Crippen LogP) is 2.55. The van der Waals surface area contributed by atoms with Crippen LogP contribution in [0.1, 0.15) is 24.0 Å². The van der Waals surface area contributed by atoms with Gasteiger partial charge in [0.1, 0.15) is 5.82 Å². The zero-order chi connectivity index (χ0) is 22.3. The number of anilines is 1. The monoisotopic (exact) mass is 429 g/mol. The molecule has 0 bridgehead atoms. The molecule has 1 aromatic heterocycles. The number of amides is 2. The van der Waals surface area contributed by atoms with Gasteiger partial charge < -0.3 is 14.7 Å². The van der Waals surface area contributed by atoms with Gasteiger partial charge in [-0.2, -0.15) is 5.26 Å². The van der Waals surface area contributed by atoms with Gasteiger partial charge in [0.15, 0.2) is 0 Å². The van der Waals surface area contributed by atoms with Crippen molar-refractivity contribution in [3.63, 3.8) is 0 Å². The number of carbonyl (C=O) groups excluding carboxylic acids is 2. The first-order valence-electron chi connectivity index (χ1n) is 11.1. The lowest BCUT2D eigenvalue weighted by Gasteiger charge is -2.38. The van der Waals surface area contributed by atoms with Gasteiger partial charge in [0, 0.05) is 57.5 Å². The van der Waals surface area contributed by atoms with Gasteiger partial charge in [-0.3, -0.25) is 9.59 Å². The normalized spacial score (nSPS) is 17.4. The number of piperidine rings is 1. The van der Waals surface area contributed by atoms with Crippen LogP contribution in [0.15, 0.2) is 54.7 Å². The molecule has 1 aromatic carbocycles. The number of likely N-dealkylation sites (tertiary alicyclic amines) is 1. The molecule has 2 saturated heterocycles. The SMILES string of the molecule is N#Cc1ccnc(N2CCN(C(=O)C3CCN(C(=O)/C=C/c4ccccc4)CC3)CC2)c1. The Morgan fingerprint density at radius 2 is 1.69 bits per heavy atom. The van der Waals surface area contributed by atoms with Crippen LogP contribution in [0.5, 0.6) is 0 Å². The van der Waals surface area contributed by atoms with E-state index in [0.717, 1.165) is 11.4 Å². The van der Waals surface area contributed by atoms with Crippen molar-refractivity contribution >= 4 is 23.7 Å². The van der Waals surface area contributed by atoms with E-state index in [4.69, 9.17) is 5.26 Å². The van der Waals surface area contributed by atoms with Gasteiger partial charge in [0.05, 0.1) is 11.6 Å². The number of pyridine rings is 1. The number of nitriles is 1. The smallest absolute Gasteiger partial charge is 0.246 e. The zero-order valence-corrected chi connectivity index (χ0v) is 18.1. The highest BCUT2D eigenvalue weighted by Gasteiger charge is 2.31. The predicted molar refractivity (Wildman–Crippen MR) is 123 cm³/mol. The third-order valence-electron chi connectivity index (χ3n) is 6.16. The molecule has 32 heavy (non-hydrogen) atoms. The molecule has 0 N–H and O–H groups in total. The molecular formula is C25H27N5O2. The van der Waals surface area contributed by atoms with Gasteiger partial charge >= 0.3 is 0 Å². The van der Waals surface area contributed by atoms with Crippen molar-refractivity contribution in [2.45, 2.75) is 12.8 Å². The molecule has 7 nitrogen and oxygen atoms in total. The van der Waals surface area contributed by atoms with Crippen molar-refractivity contribution in [1.82, 2.24) is 14.8 Å². The molecule has 2 fully saturated rings. The van der Waals surface area contributed by atoms with E-state index in [1.165, 1.54) is 0 Å². The van der Waals surface area contributed by atoms with E-state index in [1.54, 1.807) is 24.4 Å². The standard InChI is InChI=1S/C25H27N5O2/c26-19-21-8-11-27-23(18-21)28-14-16-30(17-15-28)25(32)22-9-12-29(13-10-22)24(31)7-6-20-4-2-1-3-5-20/h1-8,11,18,22H,9-10,12-17H2/b7-6+. The highest BCUT2D eigenvalue weighted by Crippen LogP contribution is 2.22. The first kappa shape index (κ1) is 21.6. The maximum atomic E-state index is 13.0. The Morgan fingerprint density at radius 1 is 0.969 bits per heavy atom. The van der Waals surface area contributed by atoms with Crippen molar-refractivity contribution in [1.29, 1.82) is 5.26 Å². The number of rotatable bonds is 4. The summed E-state index contributed by atoms with van der Waals surface area (Å²) in [6, 6.07) is 15.4. The fourth-order valence-corrected chi connectivity index (χ4v) is 4.26. The second-order valence-corrected chi connectivity index (χ2v) is 8.17. The number of aromatic nitrogens is 1. The lowest BCUT2D eigenvalue weighted by atomic mass is 9.95. The van der Waals surface area contributed by atoms with Gasteiger partial charge in [-0.25, -0.2) is 4.98 Å². The van der Waals surface area contributed by atoms with E-state index in [1.807, 2.05) is 46.2 Å². The van der Waals surface area contributed by atoms with Crippen LogP contribution in [0.3, 0.4) is 0 Å². The Morgan fingerprint density at radius 3 is 2.38 bits per heavy atom. The average Bonchev–Trinajstić information content (AvgIpc) is 2.87. The molecule has 0 atom stereocenters. The zero-order valence-electron chi connectivity index (χ0n) is 18.1. The van der Waals surface area contributed by atoms with E-state index >= 15 is 0 Å². The maximum Gasteiger partial charge on any atom is 0.246 e. The number of piperazine rings is 1. The Kier molecular flexibility index (Phi) is 6.81. The highest BCUT2D eigenvalue weighted by atomic mass is 16.2. The van der Waals surface area contributed by atoms with Crippen LogP contribution in [-0.4, -0.2) is 65.9 Å². The molecule has 0 radical (unpaired) electrons. The summed E-state index contributed by atoms with van der Waals surface area (Å²) in [4.78, 5) is 35.7. The fourth-order valence-electron chi connectivity index (χ4n) is 4.26. The van der Waals surface area contributed by atoms with Crippen LogP contribution in [-0.2, 0) is 9.59 Å². The highest BCUT2D eigenvalue weighted by molar-refractivity contribution is 5.92. The van der Waals surface area contributed by atoms with Crippen molar-refractivity contribution in [2.24, 2.45) is 5.92 Å². The van der Waals surface area contributed by atoms with Crippen molar-refractivity contribution in [3.05, 3.63) is 65.9 Å². The second-order valence-electron chi connectivity index (χ2n) is 8.17. The number of hydrogen-bond acceptors (Lipinski definition) is 5. The van der Waals surface area contributed by atoms with Crippen molar-refractivity contribution in [2.75, 3.05) is 44.2 Å². The Labute approximate surface area is 188 Å². The van der Waals surface area contributed by atoms with Crippen LogP contribution in [0.25, 0.3) is 6.08 Å². The van der Waals surface area contributed by atoms with Gasteiger partial charge in [-0.05, 0) is 36.6 Å². The maximum absolute atomic E-state index is 13.0. The van der Waals surface area contributed by atoms with Crippen LogP contribution in [0.2, 0.25) is 0 Å². The summed E-state index contributed by atoms with van der Waals surface area (Å²) >= 11 is 0. The van der Waals surface area contributed by atoms with Crippen LogP contribution >= 0.6 is 0 Å². The van der Waals surface area contributed by atoms with E-state index < -0.39 is 0 Å². The number of nitrogens with zero attached hydrogens (tertiary/aromatic N) is 5. The van der Waals surface area contributed by atoms with Crippen LogP contribution < -0.4 is 4.90 Å². The molecule has 0 unspecified atom stereocenters. The quantitative estimate of drug-likeness (QED) is 0.698.